The molecule has 0 atom stereocenters. The first-order valence-electron chi connectivity index (χ1n) is 6.81. The monoisotopic (exact) mass is 318 g/mol. The molecule has 2 aromatic heterocycles. The Kier molecular flexibility index (Phi) is 4.38. The molecule has 6 nitrogen and oxygen atoms in total. The first kappa shape index (κ1) is 14.6. The van der Waals surface area contributed by atoms with E-state index in [9.17, 15) is 4.39 Å². The Bertz CT molecular complexity index is 740. The highest BCUT2D eigenvalue weighted by molar-refractivity contribution is 7.99. The lowest BCUT2D eigenvalue weighted by Crippen LogP contribution is -2.12. The Hall–Kier alpha value is -2.35. The molecule has 0 unspecified atom stereocenters. The van der Waals surface area contributed by atoms with E-state index in [0.717, 1.165) is 18.6 Å². The van der Waals surface area contributed by atoms with Gasteiger partial charge in [-0.25, -0.2) is 9.07 Å². The summed E-state index contributed by atoms with van der Waals surface area (Å²) in [5, 5.41) is 15.3. The number of rotatable bonds is 6. The second kappa shape index (κ2) is 6.61. The normalized spacial score (nSPS) is 11.0. The van der Waals surface area contributed by atoms with Gasteiger partial charge in [0.1, 0.15) is 5.82 Å². The molecule has 0 saturated heterocycles. The molecule has 0 amide bonds. The fraction of sp³-hybridized carbons (Fsp3) is 0.214. The van der Waals surface area contributed by atoms with E-state index in [1.165, 1.54) is 28.1 Å². The van der Waals surface area contributed by atoms with E-state index in [2.05, 4.69) is 20.4 Å². The Balaban J connectivity index is 1.62. The Labute approximate surface area is 130 Å². The predicted molar refractivity (Wildman–Crippen MR) is 83.2 cm³/mol. The molecule has 0 aliphatic rings. The topological polar surface area (TPSA) is 85.4 Å². The van der Waals surface area contributed by atoms with Crippen molar-refractivity contribution < 1.29 is 4.39 Å². The van der Waals surface area contributed by atoms with Crippen LogP contribution in [-0.2, 0) is 6.42 Å². The van der Waals surface area contributed by atoms with Crippen molar-refractivity contribution in [2.75, 3.05) is 11.6 Å². The minimum absolute atomic E-state index is 0.329. The van der Waals surface area contributed by atoms with Crippen LogP contribution in [0.25, 0.3) is 11.4 Å². The molecule has 0 aliphatic heterocycles. The average molecular weight is 318 g/mol. The van der Waals surface area contributed by atoms with Gasteiger partial charge < -0.3 is 5.84 Å². The third kappa shape index (κ3) is 3.11. The fourth-order valence-electron chi connectivity index (χ4n) is 2.06. The molecular weight excluding hydrogens is 303 g/mol. The van der Waals surface area contributed by atoms with Gasteiger partial charge in [-0.15, -0.1) is 10.2 Å². The summed E-state index contributed by atoms with van der Waals surface area (Å²) in [7, 11) is 0. The van der Waals surface area contributed by atoms with E-state index in [0.29, 0.717) is 16.5 Å². The van der Waals surface area contributed by atoms with Crippen molar-refractivity contribution >= 4 is 11.8 Å². The van der Waals surface area contributed by atoms with Crippen LogP contribution >= 0.6 is 11.8 Å². The summed E-state index contributed by atoms with van der Waals surface area (Å²) < 4.78 is 15.1. The van der Waals surface area contributed by atoms with E-state index in [4.69, 9.17) is 5.84 Å². The number of thioether (sulfide) groups is 1. The highest BCUT2D eigenvalue weighted by Gasteiger charge is 2.14. The molecule has 2 heterocycles. The lowest BCUT2D eigenvalue weighted by atomic mass is 10.2. The molecule has 8 heteroatoms. The number of nitrogens with two attached hydrogens (primary N) is 1. The third-order valence-corrected chi connectivity index (χ3v) is 4.20. The van der Waals surface area contributed by atoms with Gasteiger partial charge in [-0.1, -0.05) is 23.9 Å². The van der Waals surface area contributed by atoms with Crippen molar-refractivity contribution in [2.45, 2.75) is 18.0 Å². The highest BCUT2D eigenvalue weighted by atomic mass is 32.2. The highest BCUT2D eigenvalue weighted by Crippen LogP contribution is 2.24. The van der Waals surface area contributed by atoms with Gasteiger partial charge in [0.25, 0.3) is 0 Å². The van der Waals surface area contributed by atoms with Crippen molar-refractivity contribution in [2.24, 2.45) is 0 Å². The average Bonchev–Trinajstić information content (AvgIpc) is 3.15. The van der Waals surface area contributed by atoms with Crippen molar-refractivity contribution in [3.8, 4) is 11.4 Å². The molecule has 0 spiro atoms. The summed E-state index contributed by atoms with van der Waals surface area (Å²) in [6.07, 6.45) is 5.59. The number of aryl methyl sites for hydroxylation is 1. The van der Waals surface area contributed by atoms with E-state index in [1.54, 1.807) is 18.2 Å². The lowest BCUT2D eigenvalue weighted by molar-refractivity contribution is 0.629. The van der Waals surface area contributed by atoms with Gasteiger partial charge in [0.2, 0.25) is 5.16 Å². The van der Waals surface area contributed by atoms with Gasteiger partial charge in [-0.3, -0.25) is 5.10 Å². The van der Waals surface area contributed by atoms with Gasteiger partial charge in [0, 0.05) is 11.9 Å². The maximum atomic E-state index is 13.8. The van der Waals surface area contributed by atoms with Crippen molar-refractivity contribution in [1.29, 1.82) is 0 Å². The first-order chi connectivity index (χ1) is 10.8. The SMILES string of the molecule is Nn1c(SCCCc2cn[nH]c2)nnc1-c1ccccc1F. The van der Waals surface area contributed by atoms with Crippen LogP contribution in [0.3, 0.4) is 0 Å². The number of halogens is 1. The molecule has 3 N–H and O–H groups in total. The van der Waals surface area contributed by atoms with Crippen LogP contribution in [0.15, 0.2) is 41.8 Å². The molecular formula is C14H15FN6S. The summed E-state index contributed by atoms with van der Waals surface area (Å²) in [6.45, 7) is 0. The van der Waals surface area contributed by atoms with E-state index >= 15 is 0 Å². The smallest absolute Gasteiger partial charge is 0.210 e. The summed E-state index contributed by atoms with van der Waals surface area (Å²) in [4.78, 5) is 0. The van der Waals surface area contributed by atoms with Crippen LogP contribution in [0.2, 0.25) is 0 Å². The molecule has 0 fully saturated rings. The van der Waals surface area contributed by atoms with Crippen molar-refractivity contribution in [3.63, 3.8) is 0 Å². The first-order valence-corrected chi connectivity index (χ1v) is 7.80. The molecule has 0 bridgehead atoms. The van der Waals surface area contributed by atoms with Crippen LogP contribution < -0.4 is 5.84 Å². The maximum absolute atomic E-state index is 13.8. The zero-order chi connectivity index (χ0) is 15.4. The molecule has 0 radical (unpaired) electrons. The van der Waals surface area contributed by atoms with Crippen molar-refractivity contribution in [1.82, 2.24) is 25.1 Å². The number of hydrogen-bond donors (Lipinski definition) is 2. The summed E-state index contributed by atoms with van der Waals surface area (Å²) in [6, 6.07) is 6.38. The van der Waals surface area contributed by atoms with Gasteiger partial charge in [-0.2, -0.15) is 5.10 Å². The Morgan fingerprint density at radius 1 is 1.27 bits per heavy atom. The number of benzene rings is 1. The number of nitrogens with zero attached hydrogens (tertiary/aromatic N) is 4. The molecule has 22 heavy (non-hydrogen) atoms. The number of nitrogen functional groups attached to an aromatic ring is 1. The predicted octanol–water partition coefficient (Wildman–Crippen LogP) is 2.25. The summed E-state index contributed by atoms with van der Waals surface area (Å²) in [5.74, 6) is 6.78. The lowest BCUT2D eigenvalue weighted by Gasteiger charge is -2.04. The van der Waals surface area contributed by atoms with Crippen LogP contribution in [-0.4, -0.2) is 30.8 Å². The van der Waals surface area contributed by atoms with Crippen LogP contribution in [0.5, 0.6) is 0 Å². The molecule has 0 aliphatic carbocycles. The van der Waals surface area contributed by atoms with Crippen LogP contribution in [0.4, 0.5) is 4.39 Å². The largest absolute Gasteiger partial charge is 0.335 e. The second-order valence-electron chi connectivity index (χ2n) is 4.71. The molecule has 114 valence electrons. The van der Waals surface area contributed by atoms with Gasteiger partial charge >= 0.3 is 0 Å². The fourth-order valence-corrected chi connectivity index (χ4v) is 2.85. The van der Waals surface area contributed by atoms with Crippen molar-refractivity contribution in [3.05, 3.63) is 48.0 Å². The van der Waals surface area contributed by atoms with E-state index < -0.39 is 0 Å². The molecule has 1 aromatic carbocycles. The van der Waals surface area contributed by atoms with Gasteiger partial charge in [0.15, 0.2) is 5.82 Å². The molecule has 3 aromatic rings. The molecule has 3 rings (SSSR count). The summed E-state index contributed by atoms with van der Waals surface area (Å²) in [5.41, 5.74) is 1.52. The number of hydrogen-bond acceptors (Lipinski definition) is 5. The number of H-pyrrole nitrogens is 1. The number of nitrogens with one attached hydrogen (secondary N) is 1. The van der Waals surface area contributed by atoms with E-state index in [-0.39, 0.29) is 5.82 Å². The van der Waals surface area contributed by atoms with E-state index in [1.807, 2.05) is 12.4 Å². The Morgan fingerprint density at radius 2 is 2.14 bits per heavy atom. The number of aromatic amines is 1. The maximum Gasteiger partial charge on any atom is 0.210 e. The quantitative estimate of drug-likeness (QED) is 0.413. The number of aromatic nitrogens is 5. The Morgan fingerprint density at radius 3 is 2.91 bits per heavy atom. The minimum Gasteiger partial charge on any atom is -0.335 e. The third-order valence-electron chi connectivity index (χ3n) is 3.18. The van der Waals surface area contributed by atoms with Gasteiger partial charge in [-0.05, 0) is 30.5 Å². The summed E-state index contributed by atoms with van der Waals surface area (Å²) >= 11 is 1.50. The zero-order valence-electron chi connectivity index (χ0n) is 11.7. The molecule has 0 saturated carbocycles. The zero-order valence-corrected chi connectivity index (χ0v) is 12.6. The van der Waals surface area contributed by atoms with Crippen LogP contribution in [0.1, 0.15) is 12.0 Å². The minimum atomic E-state index is -0.363. The van der Waals surface area contributed by atoms with Crippen LogP contribution in [0, 0.1) is 5.82 Å². The van der Waals surface area contributed by atoms with Gasteiger partial charge in [0.05, 0.1) is 11.8 Å². The second-order valence-corrected chi connectivity index (χ2v) is 5.78. The standard InChI is InChI=1S/C14H15FN6S/c15-12-6-2-1-5-11(12)13-19-20-14(21(13)16)22-7-3-4-10-8-17-18-9-10/h1-2,5-6,8-9H,3-4,7,16H2,(H,17,18).